The van der Waals surface area contributed by atoms with Gasteiger partial charge in [-0.05, 0) is 43.3 Å². The molecular weight excluding hydrogens is 392 g/mol. The van der Waals surface area contributed by atoms with Gasteiger partial charge in [-0.15, -0.1) is 0 Å². The third kappa shape index (κ3) is 3.09. The second-order valence-electron chi connectivity index (χ2n) is 5.23. The van der Waals surface area contributed by atoms with Crippen LogP contribution in [0.4, 0.5) is 5.88 Å². The van der Waals surface area contributed by atoms with Crippen molar-refractivity contribution in [2.24, 2.45) is 0 Å². The first-order chi connectivity index (χ1) is 11.4. The lowest BCUT2D eigenvalue weighted by atomic mass is 10.1. The predicted octanol–water partition coefficient (Wildman–Crippen LogP) is 4.29. The fraction of sp³-hybridized carbons (Fsp3) is 0.118. The zero-order valence-electron chi connectivity index (χ0n) is 13.1. The summed E-state index contributed by atoms with van der Waals surface area (Å²) in [6.07, 6.45) is 0. The Morgan fingerprint density at radius 3 is 2.25 bits per heavy atom. The minimum atomic E-state index is -3.78. The highest BCUT2D eigenvalue weighted by Gasteiger charge is 2.27. The van der Waals surface area contributed by atoms with E-state index in [0.717, 1.165) is 10.0 Å². The van der Waals surface area contributed by atoms with Gasteiger partial charge < -0.3 is 9.73 Å². The number of nitrogens with one attached hydrogen (secondary N) is 1. The van der Waals surface area contributed by atoms with Crippen molar-refractivity contribution in [3.8, 4) is 11.5 Å². The third-order valence-electron chi connectivity index (χ3n) is 3.50. The van der Waals surface area contributed by atoms with Crippen molar-refractivity contribution >= 4 is 31.7 Å². The van der Waals surface area contributed by atoms with Crippen LogP contribution in [0, 0.1) is 6.92 Å². The molecule has 0 atom stereocenters. The van der Waals surface area contributed by atoms with E-state index in [0.29, 0.717) is 5.56 Å². The molecule has 1 N–H and O–H groups in total. The van der Waals surface area contributed by atoms with E-state index in [2.05, 4.69) is 26.2 Å². The van der Waals surface area contributed by atoms with Gasteiger partial charge in [0.2, 0.25) is 26.6 Å². The van der Waals surface area contributed by atoms with Gasteiger partial charge >= 0.3 is 0 Å². The molecule has 0 saturated heterocycles. The van der Waals surface area contributed by atoms with Gasteiger partial charge in [0.15, 0.2) is 0 Å². The summed E-state index contributed by atoms with van der Waals surface area (Å²) >= 11 is 3.30. The van der Waals surface area contributed by atoms with E-state index < -0.39 is 9.84 Å². The molecule has 0 bridgehead atoms. The first-order valence-electron chi connectivity index (χ1n) is 7.18. The number of aromatic nitrogens is 1. The van der Waals surface area contributed by atoms with Crippen LogP contribution in [0.25, 0.3) is 11.5 Å². The number of oxazole rings is 1. The molecule has 0 radical (unpaired) electrons. The number of hydrogen-bond acceptors (Lipinski definition) is 5. The van der Waals surface area contributed by atoms with Crippen LogP contribution in [0.15, 0.2) is 67.3 Å². The number of anilines is 1. The van der Waals surface area contributed by atoms with Crippen LogP contribution in [0.5, 0.6) is 0 Å². The molecule has 0 aliphatic carbocycles. The van der Waals surface area contributed by atoms with Gasteiger partial charge in [-0.25, -0.2) is 8.42 Å². The Labute approximate surface area is 148 Å². The molecule has 5 nitrogen and oxygen atoms in total. The largest absolute Gasteiger partial charge is 0.419 e. The molecule has 3 aromatic rings. The molecule has 7 heteroatoms. The van der Waals surface area contributed by atoms with Gasteiger partial charge in [-0.2, -0.15) is 4.98 Å². The number of aryl methyl sites for hydroxylation is 1. The molecule has 3 rings (SSSR count). The zero-order chi connectivity index (χ0) is 17.3. The van der Waals surface area contributed by atoms with Gasteiger partial charge in [0, 0.05) is 17.1 Å². The maximum atomic E-state index is 12.8. The quantitative estimate of drug-likeness (QED) is 0.699. The molecule has 0 unspecified atom stereocenters. The summed E-state index contributed by atoms with van der Waals surface area (Å²) in [5, 5.41) is 2.64. The normalized spacial score (nSPS) is 11.5. The van der Waals surface area contributed by atoms with Crippen LogP contribution in [-0.2, 0) is 9.84 Å². The summed E-state index contributed by atoms with van der Waals surface area (Å²) in [5.41, 5.74) is 1.82. The molecule has 0 spiro atoms. The highest BCUT2D eigenvalue weighted by Crippen LogP contribution is 2.32. The van der Waals surface area contributed by atoms with Gasteiger partial charge in [0.25, 0.3) is 0 Å². The summed E-state index contributed by atoms with van der Waals surface area (Å²) in [5.74, 6) is 0.378. The van der Waals surface area contributed by atoms with Crippen LogP contribution < -0.4 is 5.32 Å². The maximum Gasteiger partial charge on any atom is 0.233 e. The minimum Gasteiger partial charge on any atom is -0.419 e. The summed E-state index contributed by atoms with van der Waals surface area (Å²) < 4.78 is 32.1. The van der Waals surface area contributed by atoms with E-state index in [9.17, 15) is 8.42 Å². The number of sulfone groups is 1. The van der Waals surface area contributed by atoms with E-state index in [1.165, 1.54) is 12.1 Å². The minimum absolute atomic E-state index is 0.119. The molecule has 24 heavy (non-hydrogen) atoms. The van der Waals surface area contributed by atoms with Crippen LogP contribution in [-0.4, -0.2) is 20.4 Å². The maximum absolute atomic E-state index is 12.8. The monoisotopic (exact) mass is 406 g/mol. The highest BCUT2D eigenvalue weighted by molar-refractivity contribution is 9.10. The molecule has 0 aliphatic heterocycles. The summed E-state index contributed by atoms with van der Waals surface area (Å²) in [6.45, 7) is 1.97. The number of nitrogens with zero attached hydrogens (tertiary/aromatic N) is 1. The summed E-state index contributed by atoms with van der Waals surface area (Å²) in [4.78, 5) is 4.38. The van der Waals surface area contributed by atoms with Crippen LogP contribution in [0.2, 0.25) is 0 Å². The fourth-order valence-electron chi connectivity index (χ4n) is 2.19. The van der Waals surface area contributed by atoms with Gasteiger partial charge in [-0.1, -0.05) is 33.6 Å². The Morgan fingerprint density at radius 2 is 1.67 bits per heavy atom. The second kappa shape index (κ2) is 6.41. The lowest BCUT2D eigenvalue weighted by Gasteiger charge is -2.02. The first kappa shape index (κ1) is 16.7. The third-order valence-corrected chi connectivity index (χ3v) is 5.71. The van der Waals surface area contributed by atoms with E-state index in [1.807, 2.05) is 31.2 Å². The van der Waals surface area contributed by atoms with Crippen LogP contribution >= 0.6 is 15.9 Å². The van der Waals surface area contributed by atoms with Gasteiger partial charge in [-0.3, -0.25) is 0 Å². The van der Waals surface area contributed by atoms with E-state index >= 15 is 0 Å². The van der Waals surface area contributed by atoms with Crippen molar-refractivity contribution in [2.75, 3.05) is 12.4 Å². The Hall–Kier alpha value is -2.12. The summed E-state index contributed by atoms with van der Waals surface area (Å²) in [6, 6.07) is 13.9. The van der Waals surface area contributed by atoms with Crippen molar-refractivity contribution < 1.29 is 12.8 Å². The number of rotatable bonds is 4. The molecule has 124 valence electrons. The number of hydrogen-bond donors (Lipinski definition) is 1. The van der Waals surface area contributed by atoms with E-state index in [-0.39, 0.29) is 21.7 Å². The molecule has 1 aromatic heterocycles. The Bertz CT molecular complexity index is 962. The first-order valence-corrected chi connectivity index (χ1v) is 9.45. The molecule has 0 fully saturated rings. The lowest BCUT2D eigenvalue weighted by molar-refractivity contribution is 0.580. The van der Waals surface area contributed by atoms with Crippen LogP contribution in [0.1, 0.15) is 5.56 Å². The van der Waals surface area contributed by atoms with Gasteiger partial charge in [0.1, 0.15) is 0 Å². The lowest BCUT2D eigenvalue weighted by Crippen LogP contribution is -2.05. The fourth-order valence-corrected chi connectivity index (χ4v) is 3.76. The Balaban J connectivity index is 2.10. The zero-order valence-corrected chi connectivity index (χ0v) is 15.5. The highest BCUT2D eigenvalue weighted by atomic mass is 79.9. The second-order valence-corrected chi connectivity index (χ2v) is 8.01. The number of halogens is 1. The van der Waals surface area contributed by atoms with Crippen molar-refractivity contribution in [3.05, 3.63) is 58.6 Å². The SMILES string of the molecule is CNc1oc(-c2ccc(C)cc2)nc1S(=O)(=O)c1ccc(Br)cc1. The molecule has 0 aliphatic rings. The smallest absolute Gasteiger partial charge is 0.233 e. The topological polar surface area (TPSA) is 72.2 Å². The number of benzene rings is 2. The predicted molar refractivity (Wildman–Crippen MR) is 95.8 cm³/mol. The van der Waals surface area contributed by atoms with E-state index in [4.69, 9.17) is 4.42 Å². The molecule has 0 amide bonds. The molecule has 1 heterocycles. The van der Waals surface area contributed by atoms with Crippen LogP contribution in [0.3, 0.4) is 0 Å². The molecule has 0 saturated carbocycles. The van der Waals surface area contributed by atoms with Crippen molar-refractivity contribution in [1.82, 2.24) is 4.98 Å². The Morgan fingerprint density at radius 1 is 1.04 bits per heavy atom. The van der Waals surface area contributed by atoms with Crippen molar-refractivity contribution in [2.45, 2.75) is 16.8 Å². The average molecular weight is 407 g/mol. The Kier molecular flexibility index (Phi) is 4.47. The molecular formula is C17H15BrN2O3S. The standard InChI is InChI=1S/C17H15BrN2O3S/c1-11-3-5-12(6-4-11)15-20-17(16(19-2)23-15)24(21,22)14-9-7-13(18)8-10-14/h3-10,19H,1-2H3. The molecule has 2 aromatic carbocycles. The summed E-state index contributed by atoms with van der Waals surface area (Å²) in [7, 11) is -2.18. The van der Waals surface area contributed by atoms with Crippen molar-refractivity contribution in [1.29, 1.82) is 0 Å². The average Bonchev–Trinajstić information content (AvgIpc) is 3.01. The van der Waals surface area contributed by atoms with Crippen molar-refractivity contribution in [3.63, 3.8) is 0 Å². The van der Waals surface area contributed by atoms with Gasteiger partial charge in [0.05, 0.1) is 4.90 Å². The van der Waals surface area contributed by atoms with E-state index in [1.54, 1.807) is 19.2 Å².